The first-order valence-electron chi connectivity index (χ1n) is 9.57. The summed E-state index contributed by atoms with van der Waals surface area (Å²) < 4.78 is 21.0. The summed E-state index contributed by atoms with van der Waals surface area (Å²) in [4.78, 5) is 23.6. The van der Waals surface area contributed by atoms with Crippen LogP contribution in [0.15, 0.2) is 51.9 Å². The highest BCUT2D eigenvalue weighted by Gasteiger charge is 2.22. The maximum absolute atomic E-state index is 13.9. The molecule has 4 aromatic rings. The molecule has 1 saturated heterocycles. The molecule has 0 aliphatic carbocycles. The van der Waals surface area contributed by atoms with Crippen LogP contribution in [0.5, 0.6) is 0 Å². The number of aromatic nitrogens is 3. The molecule has 2 unspecified atom stereocenters. The zero-order valence-electron chi connectivity index (χ0n) is 16.1. The molecule has 5 rings (SSSR count). The molecule has 0 saturated carbocycles. The normalized spacial score (nSPS) is 19.9. The average molecular weight is 393 g/mol. The van der Waals surface area contributed by atoms with Gasteiger partial charge in [0.25, 0.3) is 0 Å². The monoisotopic (exact) mass is 393 g/mol. The third-order valence-electron chi connectivity index (χ3n) is 5.18. The van der Waals surface area contributed by atoms with Gasteiger partial charge in [0, 0.05) is 43.0 Å². The van der Waals surface area contributed by atoms with Gasteiger partial charge in [-0.05, 0) is 44.2 Å². The predicted molar refractivity (Wildman–Crippen MR) is 109 cm³/mol. The number of halogens is 1. The Bertz CT molecular complexity index is 1270. The molecule has 2 atom stereocenters. The van der Waals surface area contributed by atoms with Crippen molar-refractivity contribution in [3.8, 4) is 11.3 Å². The fourth-order valence-electron chi connectivity index (χ4n) is 3.97. The summed E-state index contributed by atoms with van der Waals surface area (Å²) >= 11 is 0. The lowest BCUT2D eigenvalue weighted by atomic mass is 10.1. The average Bonchev–Trinajstić information content (AvgIpc) is 3.11. The zero-order chi connectivity index (χ0) is 20.1. The lowest BCUT2D eigenvalue weighted by Gasteiger charge is -2.36. The second-order valence-corrected chi connectivity index (χ2v) is 7.60. The van der Waals surface area contributed by atoms with Crippen molar-refractivity contribution in [2.75, 3.05) is 18.0 Å². The molecule has 5 heterocycles. The summed E-state index contributed by atoms with van der Waals surface area (Å²) in [5.41, 5.74) is 0.537. The van der Waals surface area contributed by atoms with Crippen LogP contribution in [0.25, 0.3) is 28.0 Å². The van der Waals surface area contributed by atoms with E-state index in [4.69, 9.17) is 4.42 Å². The molecular weight excluding hydrogens is 373 g/mol. The van der Waals surface area contributed by atoms with E-state index in [1.165, 1.54) is 6.07 Å². The molecule has 1 N–H and O–H groups in total. The molecule has 1 aliphatic rings. The van der Waals surface area contributed by atoms with Gasteiger partial charge in [0.15, 0.2) is 11.5 Å². The Morgan fingerprint density at radius 1 is 1.17 bits per heavy atom. The van der Waals surface area contributed by atoms with Crippen molar-refractivity contribution in [1.82, 2.24) is 19.7 Å². The number of anilines is 1. The summed E-state index contributed by atoms with van der Waals surface area (Å²) in [6.45, 7) is 5.93. The van der Waals surface area contributed by atoms with Gasteiger partial charge < -0.3 is 19.0 Å². The second kappa shape index (κ2) is 6.66. The van der Waals surface area contributed by atoms with Crippen LogP contribution in [0.2, 0.25) is 0 Å². The summed E-state index contributed by atoms with van der Waals surface area (Å²) in [7, 11) is 0. The van der Waals surface area contributed by atoms with Gasteiger partial charge in [-0.3, -0.25) is 0 Å². The van der Waals surface area contributed by atoms with Gasteiger partial charge in [-0.25, -0.2) is 14.2 Å². The molecule has 0 bridgehead atoms. The first-order valence-corrected chi connectivity index (χ1v) is 9.57. The van der Waals surface area contributed by atoms with E-state index >= 15 is 0 Å². The summed E-state index contributed by atoms with van der Waals surface area (Å²) in [5, 5.41) is 4.18. The molecule has 0 spiro atoms. The van der Waals surface area contributed by atoms with Gasteiger partial charge in [0.05, 0.1) is 11.3 Å². The number of fused-ring (bicyclic) bond motifs is 2. The van der Waals surface area contributed by atoms with Crippen molar-refractivity contribution in [1.29, 1.82) is 0 Å². The molecule has 148 valence electrons. The van der Waals surface area contributed by atoms with E-state index < -0.39 is 11.4 Å². The molecular formula is C21H20FN5O2. The van der Waals surface area contributed by atoms with Crippen LogP contribution >= 0.6 is 0 Å². The Morgan fingerprint density at radius 3 is 2.72 bits per heavy atom. The molecule has 0 radical (unpaired) electrons. The molecule has 1 fully saturated rings. The number of imidazole rings is 1. The zero-order valence-corrected chi connectivity index (χ0v) is 16.1. The van der Waals surface area contributed by atoms with Gasteiger partial charge in [0.2, 0.25) is 5.71 Å². The van der Waals surface area contributed by atoms with E-state index in [1.807, 2.05) is 12.1 Å². The van der Waals surface area contributed by atoms with Crippen LogP contribution in [0.1, 0.15) is 13.8 Å². The van der Waals surface area contributed by atoms with E-state index in [9.17, 15) is 9.18 Å². The number of nitrogens with one attached hydrogen (secondary N) is 1. The number of hydrogen-bond acceptors (Lipinski definition) is 6. The molecule has 7 nitrogen and oxygen atoms in total. The van der Waals surface area contributed by atoms with Crippen molar-refractivity contribution < 1.29 is 8.81 Å². The van der Waals surface area contributed by atoms with Crippen LogP contribution in [0.3, 0.4) is 0 Å². The van der Waals surface area contributed by atoms with Crippen LogP contribution in [-0.2, 0) is 0 Å². The fourth-order valence-corrected chi connectivity index (χ4v) is 3.97. The Morgan fingerprint density at radius 2 is 1.97 bits per heavy atom. The van der Waals surface area contributed by atoms with Crippen molar-refractivity contribution in [2.45, 2.75) is 25.9 Å². The minimum atomic E-state index is -0.548. The van der Waals surface area contributed by atoms with Crippen LogP contribution in [-0.4, -0.2) is 39.5 Å². The largest absolute Gasteiger partial charge is 0.403 e. The Balaban J connectivity index is 1.56. The molecule has 4 aromatic heterocycles. The Kier molecular flexibility index (Phi) is 4.09. The minimum absolute atomic E-state index is 0.164. The van der Waals surface area contributed by atoms with E-state index in [0.717, 1.165) is 18.9 Å². The third-order valence-corrected chi connectivity index (χ3v) is 5.18. The number of rotatable bonds is 2. The summed E-state index contributed by atoms with van der Waals surface area (Å²) in [5.74, 6) is 0.332. The van der Waals surface area contributed by atoms with Gasteiger partial charge in [-0.2, -0.15) is 4.98 Å². The van der Waals surface area contributed by atoms with Gasteiger partial charge in [-0.15, -0.1) is 0 Å². The van der Waals surface area contributed by atoms with Crippen LogP contribution in [0.4, 0.5) is 10.2 Å². The maximum atomic E-state index is 13.9. The SMILES string of the molecule is CC1CN(c2ccc3cc(-c4cn5cccc(F)c5n4)c(=O)oc3n2)CC(C)N1. The number of nitrogens with zero attached hydrogens (tertiary/aromatic N) is 4. The smallest absolute Gasteiger partial charge is 0.347 e. The first kappa shape index (κ1) is 17.8. The lowest BCUT2D eigenvalue weighted by Crippen LogP contribution is -2.54. The summed E-state index contributed by atoms with van der Waals surface area (Å²) in [6.07, 6.45) is 3.29. The second-order valence-electron chi connectivity index (χ2n) is 7.60. The number of hydrogen-bond donors (Lipinski definition) is 1. The van der Waals surface area contributed by atoms with E-state index in [2.05, 4.69) is 34.0 Å². The highest BCUT2D eigenvalue weighted by atomic mass is 19.1. The maximum Gasteiger partial charge on any atom is 0.347 e. The van der Waals surface area contributed by atoms with Gasteiger partial charge in [0.1, 0.15) is 5.82 Å². The van der Waals surface area contributed by atoms with Crippen molar-refractivity contribution in [3.63, 3.8) is 0 Å². The quantitative estimate of drug-likeness (QED) is 0.564. The molecule has 8 heteroatoms. The number of piperazine rings is 1. The van der Waals surface area contributed by atoms with Gasteiger partial charge >= 0.3 is 5.63 Å². The number of pyridine rings is 2. The molecule has 0 aromatic carbocycles. The van der Waals surface area contributed by atoms with E-state index in [1.54, 1.807) is 28.9 Å². The van der Waals surface area contributed by atoms with Crippen LogP contribution in [0, 0.1) is 5.82 Å². The van der Waals surface area contributed by atoms with Crippen molar-refractivity contribution in [3.05, 3.63) is 59.0 Å². The Labute approximate surface area is 165 Å². The highest BCUT2D eigenvalue weighted by Crippen LogP contribution is 2.24. The Hall–Kier alpha value is -3.26. The third kappa shape index (κ3) is 3.15. The van der Waals surface area contributed by atoms with E-state index in [0.29, 0.717) is 23.2 Å². The lowest BCUT2D eigenvalue weighted by molar-refractivity contribution is 0.405. The standard InChI is InChI=1S/C21H20FN5O2/c1-12-9-27(10-13(2)23-12)18-6-5-14-8-15(21(28)29-20(14)25-18)17-11-26-7-3-4-16(22)19(26)24-17/h3-8,11-13,23H,9-10H2,1-2H3. The summed E-state index contributed by atoms with van der Waals surface area (Å²) in [6, 6.07) is 9.12. The first-order chi connectivity index (χ1) is 14.0. The predicted octanol–water partition coefficient (Wildman–Crippen LogP) is 2.83. The molecule has 29 heavy (non-hydrogen) atoms. The van der Waals surface area contributed by atoms with Crippen molar-refractivity contribution >= 4 is 22.6 Å². The fraction of sp³-hybridized carbons (Fsp3) is 0.286. The van der Waals surface area contributed by atoms with E-state index in [-0.39, 0.29) is 16.9 Å². The molecule has 0 amide bonds. The van der Waals surface area contributed by atoms with Crippen LogP contribution < -0.4 is 15.8 Å². The topological polar surface area (TPSA) is 75.7 Å². The highest BCUT2D eigenvalue weighted by molar-refractivity contribution is 5.80. The minimum Gasteiger partial charge on any atom is -0.403 e. The van der Waals surface area contributed by atoms with Gasteiger partial charge in [-0.1, -0.05) is 0 Å². The van der Waals surface area contributed by atoms with Crippen molar-refractivity contribution in [2.24, 2.45) is 0 Å². The molecule has 1 aliphatic heterocycles.